The molecule has 0 fully saturated rings. The van der Waals surface area contributed by atoms with Crippen LogP contribution in [0.5, 0.6) is 11.5 Å². The molecule has 20 heavy (non-hydrogen) atoms. The molecule has 0 radical (unpaired) electrons. The highest BCUT2D eigenvalue weighted by Crippen LogP contribution is 2.45. The van der Waals surface area contributed by atoms with Gasteiger partial charge in [-0.1, -0.05) is 13.8 Å². The number of hydrogen-bond donors (Lipinski definition) is 0. The minimum atomic E-state index is 0.00295. The van der Waals surface area contributed by atoms with Crippen molar-refractivity contribution < 1.29 is 19.1 Å². The van der Waals surface area contributed by atoms with E-state index in [4.69, 9.17) is 9.47 Å². The van der Waals surface area contributed by atoms with Gasteiger partial charge in [0.1, 0.15) is 11.5 Å². The quantitative estimate of drug-likeness (QED) is 0.827. The predicted octanol–water partition coefficient (Wildman–Crippen LogP) is 1.87. The van der Waals surface area contributed by atoms with Crippen molar-refractivity contribution in [3.05, 3.63) is 12.1 Å². The van der Waals surface area contributed by atoms with E-state index in [-0.39, 0.29) is 25.3 Å². The Kier molecular flexibility index (Phi) is 3.00. The minimum Gasteiger partial charge on any atom is -0.470 e. The van der Waals surface area contributed by atoms with Crippen molar-refractivity contribution >= 4 is 23.2 Å². The molecule has 2 aliphatic heterocycles. The van der Waals surface area contributed by atoms with Crippen LogP contribution in [0.4, 0.5) is 11.4 Å². The van der Waals surface area contributed by atoms with Crippen molar-refractivity contribution in [3.63, 3.8) is 0 Å². The van der Waals surface area contributed by atoms with Gasteiger partial charge in [-0.25, -0.2) is 0 Å². The lowest BCUT2D eigenvalue weighted by atomic mass is 10.2. The molecule has 0 saturated carbocycles. The van der Waals surface area contributed by atoms with E-state index >= 15 is 0 Å². The second-order valence-electron chi connectivity index (χ2n) is 4.69. The summed E-state index contributed by atoms with van der Waals surface area (Å²) in [5, 5.41) is 0. The van der Waals surface area contributed by atoms with Crippen LogP contribution in [0.1, 0.15) is 26.7 Å². The number of anilines is 2. The van der Waals surface area contributed by atoms with E-state index in [1.807, 2.05) is 13.8 Å². The third kappa shape index (κ3) is 1.79. The fraction of sp³-hybridized carbons (Fsp3) is 0.429. The minimum absolute atomic E-state index is 0.00295. The molecule has 0 saturated heterocycles. The average Bonchev–Trinajstić information content (AvgIpc) is 3.06. The van der Waals surface area contributed by atoms with Crippen LogP contribution < -0.4 is 19.3 Å². The molecule has 6 heteroatoms. The van der Waals surface area contributed by atoms with Crippen LogP contribution in [-0.2, 0) is 9.59 Å². The Balaban J connectivity index is 1.98. The van der Waals surface area contributed by atoms with Gasteiger partial charge in [-0.05, 0) is 0 Å². The van der Waals surface area contributed by atoms with Crippen molar-refractivity contribution in [1.29, 1.82) is 0 Å². The Hall–Kier alpha value is -2.24. The van der Waals surface area contributed by atoms with Crippen LogP contribution in [0.15, 0.2) is 12.1 Å². The number of benzene rings is 1. The Bertz CT molecular complexity index is 533. The zero-order chi connectivity index (χ0) is 14.3. The van der Waals surface area contributed by atoms with Crippen LogP contribution in [0, 0.1) is 0 Å². The Morgan fingerprint density at radius 2 is 1.35 bits per heavy atom. The fourth-order valence-electron chi connectivity index (χ4n) is 2.39. The van der Waals surface area contributed by atoms with Gasteiger partial charge in [0.25, 0.3) is 0 Å². The van der Waals surface area contributed by atoms with E-state index in [1.54, 1.807) is 21.9 Å². The summed E-state index contributed by atoms with van der Waals surface area (Å²) in [5.41, 5.74) is 1.42. The molecule has 0 unspecified atom stereocenters. The molecule has 0 aliphatic carbocycles. The molecule has 0 aromatic heterocycles. The molecule has 2 heterocycles. The third-order valence-electron chi connectivity index (χ3n) is 3.53. The molecule has 3 rings (SSSR count). The highest BCUT2D eigenvalue weighted by molar-refractivity contribution is 6.00. The molecule has 2 amide bonds. The fourth-order valence-corrected chi connectivity index (χ4v) is 2.39. The molecule has 0 N–H and O–H groups in total. The van der Waals surface area contributed by atoms with Gasteiger partial charge in [0.05, 0.1) is 11.4 Å². The normalized spacial score (nSPS) is 15.5. The number of fused-ring (bicyclic) bond motifs is 2. The number of rotatable bonds is 2. The van der Waals surface area contributed by atoms with Gasteiger partial charge in [0.2, 0.25) is 11.8 Å². The SMILES string of the molecule is CCC(=O)N1COc2cc3c(cc21)OCN3C(=O)CC. The van der Waals surface area contributed by atoms with Gasteiger partial charge in [0.15, 0.2) is 13.5 Å². The lowest BCUT2D eigenvalue weighted by Crippen LogP contribution is -2.29. The van der Waals surface area contributed by atoms with Crippen molar-refractivity contribution in [2.24, 2.45) is 0 Å². The first kappa shape index (κ1) is 12.8. The molecule has 0 atom stereocenters. The Labute approximate surface area is 116 Å². The van der Waals surface area contributed by atoms with Gasteiger partial charge in [-0.15, -0.1) is 0 Å². The van der Waals surface area contributed by atoms with Crippen molar-refractivity contribution in [1.82, 2.24) is 0 Å². The van der Waals surface area contributed by atoms with E-state index in [1.165, 1.54) is 0 Å². The standard InChI is InChI=1S/C14H16N2O4/c1-3-13(17)15-7-19-11-6-10-12(5-9(11)15)20-8-16(10)14(18)4-2/h5-6H,3-4,7-8H2,1-2H3. The molecular weight excluding hydrogens is 260 g/mol. The van der Waals surface area contributed by atoms with E-state index in [0.29, 0.717) is 35.7 Å². The molecule has 0 bridgehead atoms. The van der Waals surface area contributed by atoms with E-state index < -0.39 is 0 Å². The van der Waals surface area contributed by atoms with E-state index in [2.05, 4.69) is 0 Å². The first-order chi connectivity index (χ1) is 9.65. The average molecular weight is 276 g/mol. The van der Waals surface area contributed by atoms with Crippen LogP contribution >= 0.6 is 0 Å². The third-order valence-corrected chi connectivity index (χ3v) is 3.53. The van der Waals surface area contributed by atoms with E-state index in [0.717, 1.165) is 0 Å². The number of hydrogen-bond acceptors (Lipinski definition) is 4. The lowest BCUT2D eigenvalue weighted by molar-refractivity contribution is -0.119. The van der Waals surface area contributed by atoms with Crippen LogP contribution in [0.2, 0.25) is 0 Å². The van der Waals surface area contributed by atoms with Gasteiger partial charge < -0.3 is 9.47 Å². The van der Waals surface area contributed by atoms with Gasteiger partial charge in [-0.2, -0.15) is 0 Å². The number of carbonyl (C=O) groups is 2. The second kappa shape index (κ2) is 4.70. The molecule has 0 spiro atoms. The van der Waals surface area contributed by atoms with Crippen LogP contribution in [0.3, 0.4) is 0 Å². The molecular formula is C14H16N2O4. The Morgan fingerprint density at radius 3 is 1.70 bits per heavy atom. The lowest BCUT2D eigenvalue weighted by Gasteiger charge is -2.14. The predicted molar refractivity (Wildman–Crippen MR) is 73.0 cm³/mol. The van der Waals surface area contributed by atoms with Gasteiger partial charge >= 0.3 is 0 Å². The summed E-state index contributed by atoms with van der Waals surface area (Å²) in [4.78, 5) is 26.8. The number of nitrogens with zero attached hydrogens (tertiary/aromatic N) is 2. The topological polar surface area (TPSA) is 59.1 Å². The maximum Gasteiger partial charge on any atom is 0.229 e. The summed E-state index contributed by atoms with van der Waals surface area (Å²) >= 11 is 0. The van der Waals surface area contributed by atoms with Crippen LogP contribution in [0.25, 0.3) is 0 Å². The number of ether oxygens (including phenoxy) is 2. The van der Waals surface area contributed by atoms with Crippen molar-refractivity contribution in [2.45, 2.75) is 26.7 Å². The zero-order valence-corrected chi connectivity index (χ0v) is 11.5. The second-order valence-corrected chi connectivity index (χ2v) is 4.69. The summed E-state index contributed by atoms with van der Waals surface area (Å²) in [5.74, 6) is 1.24. The summed E-state index contributed by atoms with van der Waals surface area (Å²) in [6.07, 6.45) is 0.836. The molecule has 6 nitrogen and oxygen atoms in total. The zero-order valence-electron chi connectivity index (χ0n) is 11.5. The smallest absolute Gasteiger partial charge is 0.229 e. The van der Waals surface area contributed by atoms with Crippen LogP contribution in [-0.4, -0.2) is 25.3 Å². The highest BCUT2D eigenvalue weighted by atomic mass is 16.5. The number of amides is 2. The first-order valence-electron chi connectivity index (χ1n) is 6.70. The maximum absolute atomic E-state index is 11.8. The molecule has 106 valence electrons. The summed E-state index contributed by atoms with van der Waals surface area (Å²) in [6, 6.07) is 3.54. The Morgan fingerprint density at radius 1 is 0.950 bits per heavy atom. The summed E-state index contributed by atoms with van der Waals surface area (Å²) in [6.45, 7) is 4.05. The van der Waals surface area contributed by atoms with Crippen molar-refractivity contribution in [3.8, 4) is 11.5 Å². The number of carbonyl (C=O) groups excluding carboxylic acids is 2. The van der Waals surface area contributed by atoms with Gasteiger partial charge in [-0.3, -0.25) is 19.4 Å². The molecule has 1 aromatic rings. The monoisotopic (exact) mass is 276 g/mol. The van der Waals surface area contributed by atoms with Crippen molar-refractivity contribution in [2.75, 3.05) is 23.3 Å². The first-order valence-corrected chi connectivity index (χ1v) is 6.70. The van der Waals surface area contributed by atoms with Gasteiger partial charge in [0, 0.05) is 25.0 Å². The summed E-state index contributed by atoms with van der Waals surface area (Å²) in [7, 11) is 0. The largest absolute Gasteiger partial charge is 0.470 e. The summed E-state index contributed by atoms with van der Waals surface area (Å²) < 4.78 is 11.1. The highest BCUT2D eigenvalue weighted by Gasteiger charge is 2.32. The maximum atomic E-state index is 11.8. The molecule has 2 aliphatic rings. The molecule has 1 aromatic carbocycles. The van der Waals surface area contributed by atoms with E-state index in [9.17, 15) is 9.59 Å².